The average Bonchev–Trinajstić information content (AvgIpc) is 3.75. The number of rotatable bonds is 4. The highest BCUT2D eigenvalue weighted by Gasteiger charge is 2.25. The van der Waals surface area contributed by atoms with E-state index in [1.54, 1.807) is 0 Å². The molecule has 0 spiro atoms. The summed E-state index contributed by atoms with van der Waals surface area (Å²) in [6.07, 6.45) is 0. The highest BCUT2D eigenvalue weighted by atomic mass is 32.2. The molecule has 52 heavy (non-hydrogen) atoms. The summed E-state index contributed by atoms with van der Waals surface area (Å²) in [6.45, 7) is 0. The van der Waals surface area contributed by atoms with Crippen LogP contribution in [0.4, 0.5) is 17.1 Å². The maximum atomic E-state index is 6.15. The third kappa shape index (κ3) is 4.55. The molecule has 4 heteroatoms. The standard InChI is InChI=1S/C48H30N2OS/c1-2-10-35(11-3-1)49-43-15-7-9-17-47(43)52-48-29-34(23-26-44(48)49)32-20-18-31(19-21-32)33-22-25-42-39(28-33)37-12-4-6-14-41(37)50(42)36-24-27-46-40(30-36)38-13-5-8-16-45(38)51-46/h1-30H. The van der Waals surface area contributed by atoms with E-state index in [-0.39, 0.29) is 0 Å². The SMILES string of the molecule is c1ccc(N2c3ccccc3Sc3cc(-c4ccc(-c5ccc6c(c5)c5ccccc5n6-c5ccc6oc7ccccc7c6c5)cc4)ccc32)cc1. The molecule has 0 radical (unpaired) electrons. The predicted molar refractivity (Wildman–Crippen MR) is 218 cm³/mol. The smallest absolute Gasteiger partial charge is 0.135 e. The number of para-hydroxylation sites is 4. The lowest BCUT2D eigenvalue weighted by Gasteiger charge is -2.33. The molecule has 0 atom stereocenters. The Morgan fingerprint density at radius 1 is 0.365 bits per heavy atom. The van der Waals surface area contributed by atoms with Crippen LogP contribution in [0.5, 0.6) is 0 Å². The molecule has 10 aromatic rings. The summed E-state index contributed by atoms with van der Waals surface area (Å²) in [5.41, 5.74) is 13.7. The number of benzene rings is 8. The first-order chi connectivity index (χ1) is 25.8. The number of fused-ring (bicyclic) bond motifs is 8. The number of anilines is 3. The molecule has 3 heterocycles. The van der Waals surface area contributed by atoms with Crippen molar-refractivity contribution in [2.24, 2.45) is 0 Å². The number of furan rings is 1. The van der Waals surface area contributed by atoms with E-state index in [0.717, 1.165) is 27.6 Å². The number of hydrogen-bond acceptors (Lipinski definition) is 3. The molecule has 2 aromatic heterocycles. The summed E-state index contributed by atoms with van der Waals surface area (Å²) >= 11 is 1.84. The lowest BCUT2D eigenvalue weighted by Crippen LogP contribution is -2.14. The van der Waals surface area contributed by atoms with Gasteiger partial charge in [-0.25, -0.2) is 0 Å². The van der Waals surface area contributed by atoms with E-state index in [9.17, 15) is 0 Å². The van der Waals surface area contributed by atoms with Gasteiger partial charge in [-0.15, -0.1) is 0 Å². The van der Waals surface area contributed by atoms with Crippen molar-refractivity contribution in [3.63, 3.8) is 0 Å². The first kappa shape index (κ1) is 29.3. The monoisotopic (exact) mass is 682 g/mol. The molecule has 0 aliphatic carbocycles. The van der Waals surface area contributed by atoms with Gasteiger partial charge in [0.25, 0.3) is 0 Å². The van der Waals surface area contributed by atoms with Gasteiger partial charge in [0, 0.05) is 42.7 Å². The second-order valence-electron chi connectivity index (χ2n) is 13.4. The van der Waals surface area contributed by atoms with E-state index in [0.29, 0.717) is 0 Å². The van der Waals surface area contributed by atoms with Crippen molar-refractivity contribution in [2.45, 2.75) is 9.79 Å². The second-order valence-corrected chi connectivity index (χ2v) is 14.4. The number of hydrogen-bond donors (Lipinski definition) is 0. The fourth-order valence-corrected chi connectivity index (χ4v) is 9.03. The molecule has 244 valence electrons. The van der Waals surface area contributed by atoms with Gasteiger partial charge in [-0.3, -0.25) is 0 Å². The summed E-state index contributed by atoms with van der Waals surface area (Å²) in [5, 5.41) is 4.75. The van der Waals surface area contributed by atoms with Crippen LogP contribution in [0, 0.1) is 0 Å². The summed E-state index contributed by atoms with van der Waals surface area (Å²) < 4.78 is 8.53. The maximum absolute atomic E-state index is 6.15. The number of nitrogens with zero attached hydrogens (tertiary/aromatic N) is 2. The fourth-order valence-electron chi connectivity index (χ4n) is 7.93. The first-order valence-electron chi connectivity index (χ1n) is 17.6. The van der Waals surface area contributed by atoms with Crippen LogP contribution in [0.2, 0.25) is 0 Å². The molecule has 11 rings (SSSR count). The summed E-state index contributed by atoms with van der Waals surface area (Å²) in [7, 11) is 0. The molecule has 0 fully saturated rings. The van der Waals surface area contributed by atoms with E-state index in [1.165, 1.54) is 70.9 Å². The van der Waals surface area contributed by atoms with Gasteiger partial charge in [0.1, 0.15) is 11.2 Å². The topological polar surface area (TPSA) is 21.3 Å². The van der Waals surface area contributed by atoms with Crippen LogP contribution in [-0.2, 0) is 0 Å². The van der Waals surface area contributed by atoms with E-state index in [4.69, 9.17) is 4.42 Å². The van der Waals surface area contributed by atoms with Gasteiger partial charge < -0.3 is 13.9 Å². The molecule has 1 aliphatic rings. The molecule has 0 unspecified atom stereocenters. The molecular weight excluding hydrogens is 653 g/mol. The Hall–Kier alpha value is -6.49. The van der Waals surface area contributed by atoms with Crippen LogP contribution in [0.1, 0.15) is 0 Å². The molecule has 3 nitrogen and oxygen atoms in total. The van der Waals surface area contributed by atoms with Gasteiger partial charge >= 0.3 is 0 Å². The molecule has 0 amide bonds. The molecule has 0 bridgehead atoms. The number of aromatic nitrogens is 1. The molecule has 8 aromatic carbocycles. The van der Waals surface area contributed by atoms with Crippen LogP contribution in [-0.4, -0.2) is 4.57 Å². The second kappa shape index (κ2) is 11.5. The molecule has 1 aliphatic heterocycles. The molecular formula is C48H30N2OS. The lowest BCUT2D eigenvalue weighted by molar-refractivity contribution is 0.669. The Morgan fingerprint density at radius 2 is 1.00 bits per heavy atom. The highest BCUT2D eigenvalue weighted by molar-refractivity contribution is 7.99. The van der Waals surface area contributed by atoms with E-state index < -0.39 is 0 Å². The Kier molecular flexibility index (Phi) is 6.48. The van der Waals surface area contributed by atoms with Crippen LogP contribution in [0.25, 0.3) is 71.7 Å². The van der Waals surface area contributed by atoms with Gasteiger partial charge in [0.15, 0.2) is 0 Å². The maximum Gasteiger partial charge on any atom is 0.135 e. The van der Waals surface area contributed by atoms with E-state index in [2.05, 4.69) is 179 Å². The minimum atomic E-state index is 0.907. The summed E-state index contributed by atoms with van der Waals surface area (Å²) in [5.74, 6) is 0. The zero-order chi connectivity index (χ0) is 34.2. The van der Waals surface area contributed by atoms with Crippen molar-refractivity contribution in [3.05, 3.63) is 182 Å². The van der Waals surface area contributed by atoms with Crippen LogP contribution >= 0.6 is 11.8 Å². The quantitative estimate of drug-likeness (QED) is 0.184. The zero-order valence-corrected chi connectivity index (χ0v) is 28.8. The highest BCUT2D eigenvalue weighted by Crippen LogP contribution is 2.52. The zero-order valence-electron chi connectivity index (χ0n) is 28.0. The van der Waals surface area contributed by atoms with Gasteiger partial charge in [-0.1, -0.05) is 115 Å². The lowest BCUT2D eigenvalue weighted by atomic mass is 9.98. The Bertz CT molecular complexity index is 2990. The predicted octanol–water partition coefficient (Wildman–Crippen LogP) is 14.0. The molecule has 0 N–H and O–H groups in total. The molecule has 0 saturated carbocycles. The van der Waals surface area contributed by atoms with Gasteiger partial charge in [0.2, 0.25) is 0 Å². The third-order valence-electron chi connectivity index (χ3n) is 10.4. The Morgan fingerprint density at radius 3 is 1.87 bits per heavy atom. The Labute approximate surface area is 305 Å². The van der Waals surface area contributed by atoms with E-state index >= 15 is 0 Å². The van der Waals surface area contributed by atoms with Gasteiger partial charge in [-0.05, 0) is 101 Å². The normalized spacial score (nSPS) is 12.5. The first-order valence-corrected chi connectivity index (χ1v) is 18.4. The van der Waals surface area contributed by atoms with Gasteiger partial charge in [-0.2, -0.15) is 0 Å². The Balaban J connectivity index is 0.962. The minimum Gasteiger partial charge on any atom is -0.456 e. The minimum absolute atomic E-state index is 0.907. The summed E-state index contributed by atoms with van der Waals surface area (Å²) in [6, 6.07) is 65.6. The van der Waals surface area contributed by atoms with E-state index in [1.807, 2.05) is 23.9 Å². The van der Waals surface area contributed by atoms with Crippen molar-refractivity contribution >= 4 is 72.6 Å². The van der Waals surface area contributed by atoms with Crippen LogP contribution in [0.15, 0.2) is 196 Å². The van der Waals surface area contributed by atoms with Crippen molar-refractivity contribution in [1.29, 1.82) is 0 Å². The largest absolute Gasteiger partial charge is 0.456 e. The molecule has 0 saturated heterocycles. The van der Waals surface area contributed by atoms with Crippen LogP contribution in [0.3, 0.4) is 0 Å². The van der Waals surface area contributed by atoms with Gasteiger partial charge in [0.05, 0.1) is 22.4 Å². The third-order valence-corrected chi connectivity index (χ3v) is 11.5. The van der Waals surface area contributed by atoms with Crippen molar-refractivity contribution in [2.75, 3.05) is 4.90 Å². The fraction of sp³-hybridized carbons (Fsp3) is 0. The average molecular weight is 683 g/mol. The van der Waals surface area contributed by atoms with Crippen molar-refractivity contribution < 1.29 is 4.42 Å². The summed E-state index contributed by atoms with van der Waals surface area (Å²) in [4.78, 5) is 4.89. The van der Waals surface area contributed by atoms with Crippen molar-refractivity contribution in [3.8, 4) is 27.9 Å². The van der Waals surface area contributed by atoms with Crippen molar-refractivity contribution in [1.82, 2.24) is 4.57 Å². The van der Waals surface area contributed by atoms with Crippen LogP contribution < -0.4 is 4.90 Å².